The number of nitro groups is 1. The number of methoxy groups -OCH3 is 1. The highest BCUT2D eigenvalue weighted by molar-refractivity contribution is 6.52. The van der Waals surface area contributed by atoms with Crippen LogP contribution in [-0.4, -0.2) is 35.3 Å². The van der Waals surface area contributed by atoms with Gasteiger partial charge in [-0.05, 0) is 6.07 Å². The summed E-state index contributed by atoms with van der Waals surface area (Å²) in [5.74, 6) is -2.94. The van der Waals surface area contributed by atoms with Crippen LogP contribution in [0.25, 0.3) is 5.76 Å². The number of fused-ring (bicyclic) bond motifs is 1. The summed E-state index contributed by atoms with van der Waals surface area (Å²) >= 11 is 0. The molecule has 0 saturated heterocycles. The second-order valence-corrected chi connectivity index (χ2v) is 5.78. The molecule has 0 fully saturated rings. The molecule has 1 aliphatic carbocycles. The van der Waals surface area contributed by atoms with E-state index in [1.165, 1.54) is 19.2 Å². The van der Waals surface area contributed by atoms with E-state index < -0.39 is 34.7 Å². The molecule has 1 aliphatic rings. The number of ether oxygens (including phenoxy) is 1. The zero-order valence-corrected chi connectivity index (χ0v) is 13.8. The summed E-state index contributed by atoms with van der Waals surface area (Å²) in [6.07, 6.45) is 0. The van der Waals surface area contributed by atoms with Crippen molar-refractivity contribution in [3.63, 3.8) is 0 Å². The van der Waals surface area contributed by atoms with Crippen molar-refractivity contribution in [1.82, 2.24) is 0 Å². The first-order valence-electron chi connectivity index (χ1n) is 7.82. The minimum atomic E-state index is -1.12. The Kier molecular flexibility index (Phi) is 4.53. The SMILES string of the molecule is COc1ccccc1C(C[N+](=O)[O-])C1=C(O)c2ccccc2C(=O)C1=O. The molecule has 2 aromatic rings. The van der Waals surface area contributed by atoms with Crippen LogP contribution in [0, 0.1) is 10.1 Å². The number of hydrogen-bond acceptors (Lipinski definition) is 6. The second-order valence-electron chi connectivity index (χ2n) is 5.78. The van der Waals surface area contributed by atoms with Crippen LogP contribution in [0.3, 0.4) is 0 Å². The second kappa shape index (κ2) is 6.79. The molecule has 0 saturated carbocycles. The molecule has 2 aromatic carbocycles. The van der Waals surface area contributed by atoms with Crippen molar-refractivity contribution in [2.75, 3.05) is 13.7 Å². The molecule has 132 valence electrons. The van der Waals surface area contributed by atoms with Crippen molar-refractivity contribution < 1.29 is 24.4 Å². The standard InChI is InChI=1S/C19H15NO6/c1-26-15-9-5-4-6-11(15)14(10-20(24)25)16-17(21)12-7-2-3-8-13(12)18(22)19(16)23/h2-9,14,21H,10H2,1H3. The Labute approximate surface area is 148 Å². The van der Waals surface area contributed by atoms with Gasteiger partial charge in [-0.3, -0.25) is 19.7 Å². The van der Waals surface area contributed by atoms with E-state index in [1.807, 2.05) is 0 Å². The Bertz CT molecular complexity index is 947. The lowest BCUT2D eigenvalue weighted by molar-refractivity contribution is -0.481. The first kappa shape index (κ1) is 17.3. The molecular formula is C19H15NO6. The average Bonchev–Trinajstić information content (AvgIpc) is 2.65. The Balaban J connectivity index is 2.25. The van der Waals surface area contributed by atoms with Gasteiger partial charge in [-0.15, -0.1) is 0 Å². The van der Waals surface area contributed by atoms with E-state index >= 15 is 0 Å². The van der Waals surface area contributed by atoms with Gasteiger partial charge in [-0.25, -0.2) is 0 Å². The van der Waals surface area contributed by atoms with Crippen LogP contribution in [0.2, 0.25) is 0 Å². The van der Waals surface area contributed by atoms with E-state index in [-0.39, 0.29) is 16.7 Å². The van der Waals surface area contributed by atoms with Gasteiger partial charge in [-0.1, -0.05) is 42.5 Å². The van der Waals surface area contributed by atoms with Crippen LogP contribution >= 0.6 is 0 Å². The molecule has 0 radical (unpaired) electrons. The van der Waals surface area contributed by atoms with E-state index in [2.05, 4.69) is 0 Å². The maximum absolute atomic E-state index is 12.7. The number of ketones is 2. The lowest BCUT2D eigenvalue weighted by Gasteiger charge is -2.23. The maximum Gasteiger partial charge on any atom is 0.234 e. The molecule has 7 heteroatoms. The number of Topliss-reactive ketones (excluding diaryl/α,β-unsaturated/α-hetero) is 2. The highest BCUT2D eigenvalue weighted by atomic mass is 16.6. The minimum Gasteiger partial charge on any atom is -0.507 e. The highest BCUT2D eigenvalue weighted by Gasteiger charge is 2.40. The molecule has 0 amide bonds. The van der Waals surface area contributed by atoms with Gasteiger partial charge in [0.25, 0.3) is 0 Å². The van der Waals surface area contributed by atoms with Crippen molar-refractivity contribution in [3.05, 3.63) is 80.9 Å². The minimum absolute atomic E-state index is 0.0821. The lowest BCUT2D eigenvalue weighted by atomic mass is 9.79. The molecule has 0 spiro atoms. The van der Waals surface area contributed by atoms with E-state index in [4.69, 9.17) is 4.74 Å². The number of para-hydroxylation sites is 1. The third-order valence-electron chi connectivity index (χ3n) is 4.33. The van der Waals surface area contributed by atoms with Gasteiger partial charge in [0.15, 0.2) is 0 Å². The smallest absolute Gasteiger partial charge is 0.234 e. The Morgan fingerprint density at radius 3 is 2.31 bits per heavy atom. The maximum atomic E-state index is 12.7. The third-order valence-corrected chi connectivity index (χ3v) is 4.33. The number of nitrogens with zero attached hydrogens (tertiary/aromatic N) is 1. The number of aliphatic hydroxyl groups is 1. The normalized spacial score (nSPS) is 14.8. The summed E-state index contributed by atoms with van der Waals surface area (Å²) < 4.78 is 5.24. The van der Waals surface area contributed by atoms with Gasteiger partial charge in [-0.2, -0.15) is 0 Å². The van der Waals surface area contributed by atoms with Crippen molar-refractivity contribution in [1.29, 1.82) is 0 Å². The monoisotopic (exact) mass is 353 g/mol. The number of carbonyl (C=O) groups is 2. The van der Waals surface area contributed by atoms with Crippen LogP contribution in [0.15, 0.2) is 54.1 Å². The molecular weight excluding hydrogens is 338 g/mol. The fourth-order valence-corrected chi connectivity index (χ4v) is 3.16. The highest BCUT2D eigenvalue weighted by Crippen LogP contribution is 2.39. The Hall–Kier alpha value is -3.48. The molecule has 0 aromatic heterocycles. The number of benzene rings is 2. The Morgan fingerprint density at radius 2 is 1.65 bits per heavy atom. The van der Waals surface area contributed by atoms with Gasteiger partial charge in [0.2, 0.25) is 18.1 Å². The molecule has 26 heavy (non-hydrogen) atoms. The molecule has 1 N–H and O–H groups in total. The largest absolute Gasteiger partial charge is 0.507 e. The summed E-state index contributed by atoms with van der Waals surface area (Å²) in [5, 5.41) is 21.9. The summed E-state index contributed by atoms with van der Waals surface area (Å²) in [5.41, 5.74) is 0.345. The molecule has 1 atom stereocenters. The van der Waals surface area contributed by atoms with Gasteiger partial charge in [0.1, 0.15) is 11.5 Å². The number of hydrogen-bond donors (Lipinski definition) is 1. The van der Waals surface area contributed by atoms with Gasteiger partial charge < -0.3 is 9.84 Å². The van der Waals surface area contributed by atoms with Gasteiger partial charge >= 0.3 is 0 Å². The number of aliphatic hydroxyl groups excluding tert-OH is 1. The van der Waals surface area contributed by atoms with Crippen LogP contribution < -0.4 is 4.74 Å². The van der Waals surface area contributed by atoms with E-state index in [9.17, 15) is 24.8 Å². The summed E-state index contributed by atoms with van der Waals surface area (Å²) in [6.45, 7) is -0.666. The van der Waals surface area contributed by atoms with Crippen molar-refractivity contribution in [2.24, 2.45) is 0 Å². The first-order chi connectivity index (χ1) is 12.5. The van der Waals surface area contributed by atoms with Crippen LogP contribution in [-0.2, 0) is 4.79 Å². The van der Waals surface area contributed by atoms with E-state index in [0.29, 0.717) is 11.3 Å². The Morgan fingerprint density at radius 1 is 1.04 bits per heavy atom. The molecule has 0 aliphatic heterocycles. The third kappa shape index (κ3) is 2.83. The molecule has 1 unspecified atom stereocenters. The fraction of sp³-hybridized carbons (Fsp3) is 0.158. The summed E-state index contributed by atoms with van der Waals surface area (Å²) in [6, 6.07) is 12.6. The predicted octanol–water partition coefficient (Wildman–Crippen LogP) is 2.79. The van der Waals surface area contributed by atoms with Gasteiger partial charge in [0, 0.05) is 21.6 Å². The summed E-state index contributed by atoms with van der Waals surface area (Å²) in [7, 11) is 1.40. The number of carbonyl (C=O) groups excluding carboxylic acids is 2. The fourth-order valence-electron chi connectivity index (χ4n) is 3.16. The molecule has 0 bridgehead atoms. The van der Waals surface area contributed by atoms with E-state index in [1.54, 1.807) is 36.4 Å². The molecule has 3 rings (SSSR count). The van der Waals surface area contributed by atoms with E-state index in [0.717, 1.165) is 0 Å². The molecule has 0 heterocycles. The number of rotatable bonds is 5. The quantitative estimate of drug-likeness (QED) is 0.503. The van der Waals surface area contributed by atoms with Crippen LogP contribution in [0.4, 0.5) is 0 Å². The van der Waals surface area contributed by atoms with Crippen LogP contribution in [0.5, 0.6) is 5.75 Å². The van der Waals surface area contributed by atoms with Crippen LogP contribution in [0.1, 0.15) is 27.4 Å². The van der Waals surface area contributed by atoms with Gasteiger partial charge in [0.05, 0.1) is 18.6 Å². The summed E-state index contributed by atoms with van der Waals surface area (Å²) in [4.78, 5) is 35.8. The zero-order chi connectivity index (χ0) is 18.8. The topological polar surface area (TPSA) is 107 Å². The first-order valence-corrected chi connectivity index (χ1v) is 7.82. The van der Waals surface area contributed by atoms with Crippen molar-refractivity contribution in [2.45, 2.75) is 5.92 Å². The van der Waals surface area contributed by atoms with Crippen molar-refractivity contribution >= 4 is 17.3 Å². The zero-order valence-electron chi connectivity index (χ0n) is 13.8. The van der Waals surface area contributed by atoms with Crippen molar-refractivity contribution in [3.8, 4) is 5.75 Å². The predicted molar refractivity (Wildman–Crippen MR) is 92.9 cm³/mol. The molecule has 7 nitrogen and oxygen atoms in total. The lowest BCUT2D eigenvalue weighted by Crippen LogP contribution is -2.30. The average molecular weight is 353 g/mol.